The summed E-state index contributed by atoms with van der Waals surface area (Å²) in [6.07, 6.45) is -1.90. The Labute approximate surface area is 197 Å². The maximum Gasteiger partial charge on any atom is 0.418 e. The van der Waals surface area contributed by atoms with E-state index in [1.54, 1.807) is 10.9 Å². The van der Waals surface area contributed by atoms with Crippen molar-refractivity contribution in [3.8, 4) is 5.69 Å². The molecule has 0 saturated carbocycles. The van der Waals surface area contributed by atoms with E-state index < -0.39 is 35.1 Å². The Balaban J connectivity index is 1.48. The first-order valence-corrected chi connectivity index (χ1v) is 10.4. The Morgan fingerprint density at radius 2 is 1.63 bits per heavy atom. The first-order chi connectivity index (χ1) is 16.7. The van der Waals surface area contributed by atoms with Gasteiger partial charge in [-0.05, 0) is 60.2 Å². The molecule has 0 radical (unpaired) electrons. The van der Waals surface area contributed by atoms with Crippen molar-refractivity contribution in [2.45, 2.75) is 12.6 Å². The van der Waals surface area contributed by atoms with Gasteiger partial charge in [-0.2, -0.15) is 18.3 Å². The predicted molar refractivity (Wildman–Crippen MR) is 122 cm³/mol. The number of hydrogen-bond acceptors (Lipinski definition) is 3. The van der Waals surface area contributed by atoms with Gasteiger partial charge in [0.25, 0.3) is 5.91 Å². The van der Waals surface area contributed by atoms with Crippen molar-refractivity contribution in [3.05, 3.63) is 108 Å². The second-order valence-electron chi connectivity index (χ2n) is 7.57. The van der Waals surface area contributed by atoms with E-state index in [9.17, 15) is 27.2 Å². The molecule has 0 spiro atoms. The lowest BCUT2D eigenvalue weighted by Gasteiger charge is -2.16. The van der Waals surface area contributed by atoms with Gasteiger partial charge in [0.1, 0.15) is 5.82 Å². The molecule has 10 heteroatoms. The van der Waals surface area contributed by atoms with Crippen LogP contribution in [0.4, 0.5) is 28.9 Å². The van der Waals surface area contributed by atoms with E-state index in [-0.39, 0.29) is 17.7 Å². The van der Waals surface area contributed by atoms with Gasteiger partial charge in [-0.15, -0.1) is 0 Å². The minimum atomic E-state index is -4.79. The third-order valence-electron chi connectivity index (χ3n) is 4.98. The zero-order valence-corrected chi connectivity index (χ0v) is 18.0. The van der Waals surface area contributed by atoms with E-state index in [4.69, 9.17) is 0 Å². The fourth-order valence-electron chi connectivity index (χ4n) is 3.32. The standard InChI is InChI=1S/C25H18F4N4O2/c26-18-8-6-17(7-9-18)24(35)31-19-10-11-22(21(13-19)25(27,28)29)32-23(34)12-16-14-30-33(15-16)20-4-2-1-3-5-20/h1-11,13-15H,12H2,(H,31,35)(H,32,34). The van der Waals surface area contributed by atoms with Crippen LogP contribution < -0.4 is 10.6 Å². The zero-order valence-electron chi connectivity index (χ0n) is 18.0. The highest BCUT2D eigenvalue weighted by Crippen LogP contribution is 2.36. The summed E-state index contributed by atoms with van der Waals surface area (Å²) in [4.78, 5) is 24.7. The highest BCUT2D eigenvalue weighted by molar-refractivity contribution is 6.04. The molecule has 4 rings (SSSR count). The molecule has 178 valence electrons. The molecular weight excluding hydrogens is 464 g/mol. The number of para-hydroxylation sites is 1. The molecule has 1 heterocycles. The topological polar surface area (TPSA) is 76.0 Å². The van der Waals surface area contributed by atoms with E-state index in [1.165, 1.54) is 24.4 Å². The van der Waals surface area contributed by atoms with Gasteiger partial charge in [-0.1, -0.05) is 18.2 Å². The fourth-order valence-corrected chi connectivity index (χ4v) is 3.32. The molecule has 0 saturated heterocycles. The van der Waals surface area contributed by atoms with Crippen molar-refractivity contribution in [1.82, 2.24) is 9.78 Å². The highest BCUT2D eigenvalue weighted by atomic mass is 19.4. The van der Waals surface area contributed by atoms with Gasteiger partial charge in [0, 0.05) is 17.4 Å². The van der Waals surface area contributed by atoms with Crippen LogP contribution >= 0.6 is 0 Å². The highest BCUT2D eigenvalue weighted by Gasteiger charge is 2.34. The first-order valence-electron chi connectivity index (χ1n) is 10.4. The van der Waals surface area contributed by atoms with Gasteiger partial charge < -0.3 is 10.6 Å². The van der Waals surface area contributed by atoms with Crippen LogP contribution in [0.15, 0.2) is 85.2 Å². The average Bonchev–Trinajstić information content (AvgIpc) is 3.28. The second kappa shape index (κ2) is 9.80. The molecule has 0 atom stereocenters. The maximum atomic E-state index is 13.7. The predicted octanol–water partition coefficient (Wildman–Crippen LogP) is 5.46. The molecule has 35 heavy (non-hydrogen) atoms. The van der Waals surface area contributed by atoms with Crippen LogP contribution in [0, 0.1) is 5.82 Å². The molecular formula is C25H18F4N4O2. The lowest BCUT2D eigenvalue weighted by atomic mass is 10.1. The number of alkyl halides is 3. The van der Waals surface area contributed by atoms with Crippen molar-refractivity contribution >= 4 is 23.2 Å². The van der Waals surface area contributed by atoms with E-state index in [1.807, 2.05) is 30.3 Å². The molecule has 0 fully saturated rings. The van der Waals surface area contributed by atoms with Crippen LogP contribution in [-0.2, 0) is 17.4 Å². The Kier molecular flexibility index (Phi) is 6.63. The summed E-state index contributed by atoms with van der Waals surface area (Å²) >= 11 is 0. The Hall–Kier alpha value is -4.47. The van der Waals surface area contributed by atoms with Crippen molar-refractivity contribution < 1.29 is 27.2 Å². The number of carbonyl (C=O) groups is 2. The second-order valence-corrected chi connectivity index (χ2v) is 7.57. The lowest BCUT2D eigenvalue weighted by molar-refractivity contribution is -0.136. The largest absolute Gasteiger partial charge is 0.418 e. The fraction of sp³-hybridized carbons (Fsp3) is 0.0800. The number of carbonyl (C=O) groups excluding carboxylic acids is 2. The van der Waals surface area contributed by atoms with Crippen LogP contribution in [0.2, 0.25) is 0 Å². The first kappa shape index (κ1) is 23.7. The van der Waals surface area contributed by atoms with Crippen LogP contribution in [0.5, 0.6) is 0 Å². The summed E-state index contributed by atoms with van der Waals surface area (Å²) in [6.45, 7) is 0. The smallest absolute Gasteiger partial charge is 0.325 e. The Bertz CT molecular complexity index is 1350. The summed E-state index contributed by atoms with van der Waals surface area (Å²) in [5.74, 6) is -1.91. The molecule has 6 nitrogen and oxygen atoms in total. The van der Waals surface area contributed by atoms with Gasteiger partial charge in [0.2, 0.25) is 5.91 Å². The van der Waals surface area contributed by atoms with Crippen LogP contribution in [-0.4, -0.2) is 21.6 Å². The number of aromatic nitrogens is 2. The van der Waals surface area contributed by atoms with Crippen molar-refractivity contribution in [2.24, 2.45) is 0 Å². The van der Waals surface area contributed by atoms with Gasteiger partial charge >= 0.3 is 6.18 Å². The summed E-state index contributed by atoms with van der Waals surface area (Å²) in [5, 5.41) is 8.79. The molecule has 3 aromatic carbocycles. The van der Waals surface area contributed by atoms with E-state index in [0.717, 1.165) is 30.0 Å². The van der Waals surface area contributed by atoms with Crippen LogP contribution in [0.3, 0.4) is 0 Å². The van der Waals surface area contributed by atoms with Gasteiger partial charge in [0.15, 0.2) is 0 Å². The van der Waals surface area contributed by atoms with Crippen molar-refractivity contribution in [3.63, 3.8) is 0 Å². The summed E-state index contributed by atoms with van der Waals surface area (Å²) < 4.78 is 55.6. The number of benzene rings is 3. The molecule has 4 aromatic rings. The number of halogens is 4. The van der Waals surface area contributed by atoms with E-state index >= 15 is 0 Å². The Morgan fingerprint density at radius 1 is 0.914 bits per heavy atom. The average molecular weight is 482 g/mol. The molecule has 0 aliphatic carbocycles. The normalized spacial score (nSPS) is 11.2. The molecule has 0 bridgehead atoms. The van der Waals surface area contributed by atoms with E-state index in [0.29, 0.717) is 5.56 Å². The molecule has 1 aromatic heterocycles. The third-order valence-corrected chi connectivity index (χ3v) is 4.98. The van der Waals surface area contributed by atoms with Gasteiger partial charge in [-0.3, -0.25) is 9.59 Å². The van der Waals surface area contributed by atoms with Gasteiger partial charge in [0.05, 0.1) is 29.6 Å². The number of hydrogen-bond donors (Lipinski definition) is 2. The quantitative estimate of drug-likeness (QED) is 0.358. The number of rotatable bonds is 6. The summed E-state index contributed by atoms with van der Waals surface area (Å²) in [5.41, 5.74) is -0.331. The van der Waals surface area contributed by atoms with Crippen LogP contribution in [0.1, 0.15) is 21.5 Å². The SMILES string of the molecule is O=C(Cc1cnn(-c2ccccc2)c1)Nc1ccc(NC(=O)c2ccc(F)cc2)cc1C(F)(F)F. The molecule has 0 aliphatic heterocycles. The zero-order chi connectivity index (χ0) is 25.0. The van der Waals surface area contributed by atoms with Gasteiger partial charge in [-0.25, -0.2) is 9.07 Å². The lowest BCUT2D eigenvalue weighted by Crippen LogP contribution is -2.19. The minimum Gasteiger partial charge on any atom is -0.325 e. The number of anilines is 2. The number of amides is 2. The molecule has 0 aliphatic rings. The minimum absolute atomic E-state index is 0.0772. The molecule has 2 N–H and O–H groups in total. The summed E-state index contributed by atoms with van der Waals surface area (Å²) in [7, 11) is 0. The summed E-state index contributed by atoms with van der Waals surface area (Å²) in [6, 6.07) is 16.7. The number of nitrogens with zero attached hydrogens (tertiary/aromatic N) is 2. The molecule has 0 unspecified atom stereocenters. The third kappa shape index (κ3) is 5.91. The monoisotopic (exact) mass is 482 g/mol. The maximum absolute atomic E-state index is 13.7. The van der Waals surface area contributed by atoms with Crippen molar-refractivity contribution in [2.75, 3.05) is 10.6 Å². The Morgan fingerprint density at radius 3 is 2.31 bits per heavy atom. The van der Waals surface area contributed by atoms with Crippen molar-refractivity contribution in [1.29, 1.82) is 0 Å². The van der Waals surface area contributed by atoms with E-state index in [2.05, 4.69) is 15.7 Å². The van der Waals surface area contributed by atoms with Crippen LogP contribution in [0.25, 0.3) is 5.69 Å². The number of nitrogens with one attached hydrogen (secondary N) is 2. The molecule has 2 amide bonds.